The van der Waals surface area contributed by atoms with Crippen LogP contribution in [-0.2, 0) is 4.79 Å². The zero-order valence-electron chi connectivity index (χ0n) is 8.87. The van der Waals surface area contributed by atoms with E-state index in [-0.39, 0.29) is 18.3 Å². The molecule has 0 N–H and O–H groups in total. The van der Waals surface area contributed by atoms with Crippen LogP contribution in [0.3, 0.4) is 0 Å². The maximum Gasteiger partial charge on any atom is 0.0420 e. The third-order valence-corrected chi connectivity index (χ3v) is 2.74. The van der Waals surface area contributed by atoms with E-state index in [9.17, 15) is 9.90 Å². The quantitative estimate of drug-likeness (QED) is 0.789. The maximum atomic E-state index is 10.6. The molecule has 15 heavy (non-hydrogen) atoms. The Morgan fingerprint density at radius 3 is 2.27 bits per heavy atom. The van der Waals surface area contributed by atoms with E-state index in [0.717, 1.165) is 5.56 Å². The molecule has 0 aliphatic rings. The van der Waals surface area contributed by atoms with Gasteiger partial charge in [-0.2, -0.15) is 0 Å². The van der Waals surface area contributed by atoms with Crippen LogP contribution in [0, 0.1) is 5.92 Å². The highest BCUT2D eigenvalue weighted by atomic mass is 35.5. The third-order valence-electron chi connectivity index (χ3n) is 2.49. The van der Waals surface area contributed by atoms with Crippen molar-refractivity contribution in [3.8, 4) is 0 Å². The molecule has 0 spiro atoms. The van der Waals surface area contributed by atoms with Crippen LogP contribution in [0.1, 0.15) is 31.7 Å². The molecule has 0 radical (unpaired) electrons. The van der Waals surface area contributed by atoms with Crippen LogP contribution in [0.15, 0.2) is 24.3 Å². The Bertz CT molecular complexity index is 330. The fourth-order valence-corrected chi connectivity index (χ4v) is 1.75. The van der Waals surface area contributed by atoms with Gasteiger partial charge in [0.15, 0.2) is 0 Å². The van der Waals surface area contributed by atoms with Gasteiger partial charge in [0.2, 0.25) is 0 Å². The first kappa shape index (κ1) is 12.1. The van der Waals surface area contributed by atoms with Crippen molar-refractivity contribution in [2.75, 3.05) is 0 Å². The third kappa shape index (κ3) is 3.56. The van der Waals surface area contributed by atoms with Crippen LogP contribution in [0.25, 0.3) is 0 Å². The second kappa shape index (κ2) is 5.17. The molecule has 0 bridgehead atoms. The Morgan fingerprint density at radius 2 is 1.87 bits per heavy atom. The molecule has 0 heterocycles. The second-order valence-electron chi connectivity index (χ2n) is 3.98. The molecule has 1 rings (SSSR count). The molecule has 82 valence electrons. The molecule has 0 fully saturated rings. The molecule has 0 aliphatic carbocycles. The van der Waals surface area contributed by atoms with Crippen molar-refractivity contribution in [2.45, 2.75) is 26.2 Å². The zero-order valence-corrected chi connectivity index (χ0v) is 9.62. The molecule has 1 aromatic rings. The molecule has 2 nitrogen and oxygen atoms in total. The average Bonchev–Trinajstić information content (AvgIpc) is 2.15. The highest BCUT2D eigenvalue weighted by Crippen LogP contribution is 2.28. The lowest BCUT2D eigenvalue weighted by Crippen LogP contribution is -2.26. The minimum absolute atomic E-state index is 0.00716. The van der Waals surface area contributed by atoms with Crippen LogP contribution in [0.4, 0.5) is 0 Å². The Balaban J connectivity index is 2.88. The molecule has 3 heteroatoms. The number of carbonyl (C=O) groups excluding carboxylic acids is 1. The lowest BCUT2D eigenvalue weighted by atomic mass is 9.86. The molecule has 0 saturated carbocycles. The number of hydrogen-bond acceptors (Lipinski definition) is 2. The highest BCUT2D eigenvalue weighted by Gasteiger charge is 2.15. The van der Waals surface area contributed by atoms with Crippen LogP contribution in [-0.4, -0.2) is 5.97 Å². The zero-order chi connectivity index (χ0) is 11.4. The first-order valence-corrected chi connectivity index (χ1v) is 5.34. The Labute approximate surface area is 94.9 Å². The normalized spacial score (nSPS) is 12.8. The van der Waals surface area contributed by atoms with Crippen molar-refractivity contribution in [2.24, 2.45) is 5.92 Å². The Kier molecular flexibility index (Phi) is 4.15. The molecule has 1 aromatic carbocycles. The van der Waals surface area contributed by atoms with Crippen molar-refractivity contribution < 1.29 is 9.90 Å². The number of benzene rings is 1. The van der Waals surface area contributed by atoms with Crippen LogP contribution in [0.2, 0.25) is 5.02 Å². The van der Waals surface area contributed by atoms with Gasteiger partial charge in [-0.3, -0.25) is 0 Å². The fourth-order valence-electron chi connectivity index (χ4n) is 1.63. The molecule has 0 aliphatic heterocycles. The van der Waals surface area contributed by atoms with E-state index < -0.39 is 5.97 Å². The van der Waals surface area contributed by atoms with Crippen LogP contribution >= 0.6 is 11.6 Å². The number of carboxylic acid groups (broad SMARTS) is 1. The maximum absolute atomic E-state index is 10.6. The number of carboxylic acids is 1. The summed E-state index contributed by atoms with van der Waals surface area (Å²) in [4.78, 5) is 10.6. The van der Waals surface area contributed by atoms with Gasteiger partial charge in [-0.15, -0.1) is 0 Å². The molecule has 0 aromatic heterocycles. The van der Waals surface area contributed by atoms with Crippen molar-refractivity contribution in [1.82, 2.24) is 0 Å². The second-order valence-corrected chi connectivity index (χ2v) is 4.41. The number of hydrogen-bond donors (Lipinski definition) is 0. The summed E-state index contributed by atoms with van der Waals surface area (Å²) in [5.41, 5.74) is 0.999. The predicted octanol–water partition coefficient (Wildman–Crippen LogP) is 2.22. The van der Waals surface area contributed by atoms with Gasteiger partial charge in [0.1, 0.15) is 0 Å². The summed E-state index contributed by atoms with van der Waals surface area (Å²) in [6.07, 6.45) is 0.0549. The Morgan fingerprint density at radius 1 is 1.33 bits per heavy atom. The van der Waals surface area contributed by atoms with Crippen LogP contribution in [0.5, 0.6) is 0 Å². The lowest BCUT2D eigenvalue weighted by Gasteiger charge is -2.21. The van der Waals surface area contributed by atoms with E-state index in [2.05, 4.69) is 0 Å². The summed E-state index contributed by atoms with van der Waals surface area (Å²) < 4.78 is 0. The molecule has 0 amide bonds. The van der Waals surface area contributed by atoms with Gasteiger partial charge in [0.05, 0.1) is 0 Å². The minimum Gasteiger partial charge on any atom is -0.550 e. The number of aliphatic carboxylic acids is 1. The summed E-state index contributed by atoms with van der Waals surface area (Å²) >= 11 is 5.77. The van der Waals surface area contributed by atoms with Gasteiger partial charge >= 0.3 is 0 Å². The van der Waals surface area contributed by atoms with E-state index in [0.29, 0.717) is 5.02 Å². The Hall–Kier alpha value is -1.02. The van der Waals surface area contributed by atoms with E-state index in [1.807, 2.05) is 26.0 Å². The molecule has 0 unspecified atom stereocenters. The number of rotatable bonds is 4. The summed E-state index contributed by atoms with van der Waals surface area (Å²) in [5, 5.41) is 11.3. The predicted molar refractivity (Wildman–Crippen MR) is 58.7 cm³/mol. The minimum atomic E-state index is -1.01. The molecule has 0 saturated heterocycles. The summed E-state index contributed by atoms with van der Waals surface area (Å²) in [5.74, 6) is -0.750. The van der Waals surface area contributed by atoms with Crippen molar-refractivity contribution >= 4 is 17.6 Å². The highest BCUT2D eigenvalue weighted by molar-refractivity contribution is 6.30. The molecule has 1 atom stereocenters. The first-order chi connectivity index (χ1) is 7.00. The molecular formula is C12H14ClO2-. The SMILES string of the molecule is CC(C)[C@H](CC(=O)[O-])c1ccc(Cl)cc1. The number of halogens is 1. The first-order valence-electron chi connectivity index (χ1n) is 4.96. The summed E-state index contributed by atoms with van der Waals surface area (Å²) in [6, 6.07) is 7.30. The summed E-state index contributed by atoms with van der Waals surface area (Å²) in [6.45, 7) is 4.00. The number of carbonyl (C=O) groups is 1. The van der Waals surface area contributed by atoms with Gasteiger partial charge in [-0.05, 0) is 36.0 Å². The van der Waals surface area contributed by atoms with E-state index in [4.69, 9.17) is 11.6 Å². The van der Waals surface area contributed by atoms with Crippen molar-refractivity contribution in [3.05, 3.63) is 34.9 Å². The van der Waals surface area contributed by atoms with Gasteiger partial charge in [0.25, 0.3) is 0 Å². The van der Waals surface area contributed by atoms with Gasteiger partial charge in [0, 0.05) is 11.0 Å². The monoisotopic (exact) mass is 225 g/mol. The fraction of sp³-hybridized carbons (Fsp3) is 0.417. The topological polar surface area (TPSA) is 40.1 Å². The molecular weight excluding hydrogens is 212 g/mol. The van der Waals surface area contributed by atoms with Gasteiger partial charge in [-0.1, -0.05) is 37.6 Å². The smallest absolute Gasteiger partial charge is 0.0420 e. The van der Waals surface area contributed by atoms with Gasteiger partial charge in [-0.25, -0.2) is 0 Å². The van der Waals surface area contributed by atoms with E-state index >= 15 is 0 Å². The van der Waals surface area contributed by atoms with E-state index in [1.165, 1.54) is 0 Å². The van der Waals surface area contributed by atoms with Crippen molar-refractivity contribution in [3.63, 3.8) is 0 Å². The van der Waals surface area contributed by atoms with Gasteiger partial charge < -0.3 is 9.90 Å². The summed E-state index contributed by atoms with van der Waals surface area (Å²) in [7, 11) is 0. The van der Waals surface area contributed by atoms with Crippen molar-refractivity contribution in [1.29, 1.82) is 0 Å². The lowest BCUT2D eigenvalue weighted by molar-refractivity contribution is -0.306. The van der Waals surface area contributed by atoms with E-state index in [1.54, 1.807) is 12.1 Å². The van der Waals surface area contributed by atoms with Crippen LogP contribution < -0.4 is 5.11 Å². The standard InChI is InChI=1S/C12H15ClO2/c1-8(2)11(7-12(14)15)9-3-5-10(13)6-4-9/h3-6,8,11H,7H2,1-2H3,(H,14,15)/p-1/t11-/m0/s1. The average molecular weight is 226 g/mol. The largest absolute Gasteiger partial charge is 0.550 e.